The molecule has 2 aromatic rings. The van der Waals surface area contributed by atoms with Gasteiger partial charge in [0, 0.05) is 17.9 Å². The first-order chi connectivity index (χ1) is 14.6. The highest BCUT2D eigenvalue weighted by Crippen LogP contribution is 2.23. The Hall–Kier alpha value is -3.38. The van der Waals surface area contributed by atoms with Gasteiger partial charge in [-0.05, 0) is 55.3 Å². The Bertz CT molecular complexity index is 1060. The van der Waals surface area contributed by atoms with E-state index in [9.17, 15) is 19.6 Å². The zero-order chi connectivity index (χ0) is 23.1. The van der Waals surface area contributed by atoms with E-state index in [1.165, 1.54) is 12.1 Å². The van der Waals surface area contributed by atoms with Gasteiger partial charge < -0.3 is 20.4 Å². The first kappa shape index (κ1) is 23.9. The van der Waals surface area contributed by atoms with Gasteiger partial charge in [0.15, 0.2) is 6.61 Å². The Morgan fingerprint density at radius 1 is 1.35 bits per heavy atom. The number of anilines is 1. The molecule has 0 radical (unpaired) electrons. The van der Waals surface area contributed by atoms with Crippen molar-refractivity contribution in [2.75, 3.05) is 11.9 Å². The number of hydrogen-bond donors (Lipinski definition) is 2. The zero-order valence-corrected chi connectivity index (χ0v) is 18.8. The third-order valence-corrected chi connectivity index (χ3v) is 5.53. The highest BCUT2D eigenvalue weighted by Gasteiger charge is 2.17. The molecule has 164 valence electrons. The summed E-state index contributed by atoms with van der Waals surface area (Å²) < 4.78 is 7.12. The lowest BCUT2D eigenvalue weighted by molar-refractivity contribution is -0.142. The van der Waals surface area contributed by atoms with Crippen molar-refractivity contribution in [3.63, 3.8) is 0 Å². The van der Waals surface area contributed by atoms with Gasteiger partial charge in [-0.25, -0.2) is 4.79 Å². The summed E-state index contributed by atoms with van der Waals surface area (Å²) in [5, 5.41) is 13.8. The van der Waals surface area contributed by atoms with Crippen LogP contribution in [0.4, 0.5) is 5.00 Å². The van der Waals surface area contributed by atoms with E-state index >= 15 is 0 Å². The molecule has 8 nitrogen and oxygen atoms in total. The van der Waals surface area contributed by atoms with Crippen LogP contribution in [-0.4, -0.2) is 29.0 Å². The number of carbonyl (C=O) groups excluding carboxylic acids is 3. The van der Waals surface area contributed by atoms with Gasteiger partial charge >= 0.3 is 5.97 Å². The van der Waals surface area contributed by atoms with Crippen LogP contribution in [0.15, 0.2) is 23.1 Å². The van der Waals surface area contributed by atoms with Crippen LogP contribution in [0.2, 0.25) is 0 Å². The fourth-order valence-corrected chi connectivity index (χ4v) is 3.78. The van der Waals surface area contributed by atoms with E-state index in [1.54, 1.807) is 5.38 Å². The Balaban J connectivity index is 2.05. The van der Waals surface area contributed by atoms with Gasteiger partial charge in [0.1, 0.15) is 16.6 Å². The van der Waals surface area contributed by atoms with E-state index in [4.69, 9.17) is 10.5 Å². The average Bonchev–Trinajstić information content (AvgIpc) is 3.27. The van der Waals surface area contributed by atoms with E-state index in [1.807, 2.05) is 26.0 Å². The highest BCUT2D eigenvalue weighted by atomic mass is 32.1. The molecule has 0 aliphatic rings. The van der Waals surface area contributed by atoms with Crippen LogP contribution in [0.1, 0.15) is 47.6 Å². The summed E-state index contributed by atoms with van der Waals surface area (Å²) in [5.74, 6) is -1.65. The number of thiophene rings is 1. The number of primary amides is 1. The third-order valence-electron chi connectivity index (χ3n) is 4.70. The number of amides is 2. The quantitative estimate of drug-likeness (QED) is 0.349. The number of aryl methyl sites for hydroxylation is 1. The number of nitrogens with one attached hydrogen (secondary N) is 1. The van der Waals surface area contributed by atoms with E-state index in [0.717, 1.165) is 41.3 Å². The second-order valence-corrected chi connectivity index (χ2v) is 8.40. The molecule has 0 bridgehead atoms. The number of nitrogens with zero attached hydrogens (tertiary/aromatic N) is 2. The molecule has 0 unspecified atom stereocenters. The molecule has 0 fully saturated rings. The van der Waals surface area contributed by atoms with Gasteiger partial charge in [0.25, 0.3) is 11.8 Å². The van der Waals surface area contributed by atoms with Crippen molar-refractivity contribution in [1.29, 1.82) is 5.26 Å². The Morgan fingerprint density at radius 2 is 2.06 bits per heavy atom. The first-order valence-electron chi connectivity index (χ1n) is 9.76. The predicted molar refractivity (Wildman–Crippen MR) is 119 cm³/mol. The van der Waals surface area contributed by atoms with Gasteiger partial charge in [0.2, 0.25) is 0 Å². The summed E-state index contributed by atoms with van der Waals surface area (Å²) in [4.78, 5) is 35.7. The summed E-state index contributed by atoms with van der Waals surface area (Å²) in [5.41, 5.74) is 7.95. The second kappa shape index (κ2) is 10.6. The fraction of sp³-hybridized carbons (Fsp3) is 0.364. The van der Waals surface area contributed by atoms with E-state index in [0.29, 0.717) is 5.92 Å². The predicted octanol–water partition coefficient (Wildman–Crippen LogP) is 3.40. The number of aromatic nitrogens is 1. The monoisotopic (exact) mass is 442 g/mol. The smallest absolute Gasteiger partial charge is 0.349 e. The summed E-state index contributed by atoms with van der Waals surface area (Å²) in [6.45, 7) is 8.48. The molecule has 9 heteroatoms. The maximum absolute atomic E-state index is 12.3. The summed E-state index contributed by atoms with van der Waals surface area (Å²) in [6.07, 6.45) is 2.49. The molecule has 0 spiro atoms. The lowest BCUT2D eigenvalue weighted by Gasteiger charge is -2.11. The summed E-state index contributed by atoms with van der Waals surface area (Å²) >= 11 is 1.12. The Morgan fingerprint density at radius 3 is 2.68 bits per heavy atom. The van der Waals surface area contributed by atoms with Gasteiger partial charge in [-0.2, -0.15) is 5.26 Å². The Labute approximate surface area is 185 Å². The minimum Gasteiger partial charge on any atom is -0.451 e. The molecule has 2 aromatic heterocycles. The molecule has 0 saturated heterocycles. The molecule has 0 aromatic carbocycles. The minimum absolute atomic E-state index is 0.176. The standard InChI is InChI=1S/C22H26N4O4S/c1-13(2)5-7-26-14(3)9-16(15(26)4)10-17(11-23)22(29)30-12-19(27)25-21-18(20(24)28)6-8-31-21/h6,8-10,13H,5,7,12H2,1-4H3,(H2,24,28)(H,25,27)/b17-10+. The largest absolute Gasteiger partial charge is 0.451 e. The van der Waals surface area contributed by atoms with Crippen LogP contribution >= 0.6 is 11.3 Å². The van der Waals surface area contributed by atoms with Crippen molar-refractivity contribution in [2.24, 2.45) is 11.7 Å². The van der Waals surface area contributed by atoms with E-state index in [-0.39, 0.29) is 16.1 Å². The number of nitriles is 1. The van der Waals surface area contributed by atoms with Gasteiger partial charge in [-0.15, -0.1) is 11.3 Å². The van der Waals surface area contributed by atoms with Crippen molar-refractivity contribution < 1.29 is 19.1 Å². The number of nitrogens with two attached hydrogens (primary N) is 1. The molecule has 31 heavy (non-hydrogen) atoms. The maximum atomic E-state index is 12.3. The molecule has 3 N–H and O–H groups in total. The summed E-state index contributed by atoms with van der Waals surface area (Å²) in [7, 11) is 0. The van der Waals surface area contributed by atoms with E-state index < -0.39 is 24.4 Å². The van der Waals surface area contributed by atoms with Crippen molar-refractivity contribution in [3.8, 4) is 6.07 Å². The average molecular weight is 443 g/mol. The number of carbonyl (C=O) groups is 3. The molecule has 0 atom stereocenters. The fourth-order valence-electron chi connectivity index (χ4n) is 2.97. The van der Waals surface area contributed by atoms with Crippen molar-refractivity contribution >= 4 is 40.2 Å². The van der Waals surface area contributed by atoms with Gasteiger partial charge in [0.05, 0.1) is 5.56 Å². The third kappa shape index (κ3) is 6.30. The molecular formula is C22H26N4O4S. The van der Waals surface area contributed by atoms with Gasteiger partial charge in [-0.3, -0.25) is 9.59 Å². The minimum atomic E-state index is -0.897. The Kier molecular flexibility index (Phi) is 8.16. The second-order valence-electron chi connectivity index (χ2n) is 7.48. The molecule has 2 amide bonds. The van der Waals surface area contributed by atoms with Crippen LogP contribution in [0.25, 0.3) is 6.08 Å². The number of esters is 1. The van der Waals surface area contributed by atoms with Crippen LogP contribution in [0, 0.1) is 31.1 Å². The highest BCUT2D eigenvalue weighted by molar-refractivity contribution is 7.14. The molecule has 2 heterocycles. The lowest BCUT2D eigenvalue weighted by atomic mass is 10.1. The molecule has 0 aliphatic heterocycles. The number of hydrogen-bond acceptors (Lipinski definition) is 6. The van der Waals surface area contributed by atoms with Crippen molar-refractivity contribution in [3.05, 3.63) is 45.6 Å². The molecule has 2 rings (SSSR count). The van der Waals surface area contributed by atoms with Crippen molar-refractivity contribution in [2.45, 2.75) is 40.7 Å². The normalized spacial score (nSPS) is 11.3. The van der Waals surface area contributed by atoms with Crippen LogP contribution in [0.3, 0.4) is 0 Å². The van der Waals surface area contributed by atoms with Crippen LogP contribution < -0.4 is 11.1 Å². The number of rotatable bonds is 9. The van der Waals surface area contributed by atoms with Gasteiger partial charge in [-0.1, -0.05) is 13.8 Å². The molecule has 0 saturated carbocycles. The first-order valence-corrected chi connectivity index (χ1v) is 10.6. The topological polar surface area (TPSA) is 127 Å². The van der Waals surface area contributed by atoms with E-state index in [2.05, 4.69) is 23.7 Å². The zero-order valence-electron chi connectivity index (χ0n) is 18.0. The molecular weight excluding hydrogens is 416 g/mol. The van der Waals surface area contributed by atoms with Crippen LogP contribution in [0.5, 0.6) is 0 Å². The SMILES string of the molecule is Cc1cc(/C=C(\C#N)C(=O)OCC(=O)Nc2sccc2C(N)=O)c(C)n1CCC(C)C. The molecule has 0 aliphatic carbocycles. The maximum Gasteiger partial charge on any atom is 0.349 e. The van der Waals surface area contributed by atoms with Crippen LogP contribution in [-0.2, 0) is 20.9 Å². The lowest BCUT2D eigenvalue weighted by Crippen LogP contribution is -2.22. The van der Waals surface area contributed by atoms with Crippen molar-refractivity contribution in [1.82, 2.24) is 4.57 Å². The summed E-state index contributed by atoms with van der Waals surface area (Å²) in [6, 6.07) is 5.24. The number of ether oxygens (including phenoxy) is 1.